The van der Waals surface area contributed by atoms with E-state index in [1.54, 1.807) is 12.1 Å². The first-order chi connectivity index (χ1) is 10.2. The number of benzene rings is 1. The van der Waals surface area contributed by atoms with Gasteiger partial charge in [0.25, 0.3) is 0 Å². The van der Waals surface area contributed by atoms with E-state index in [0.717, 1.165) is 5.39 Å². The number of carbonyl (C=O) groups excluding carboxylic acids is 1. The van der Waals surface area contributed by atoms with Crippen molar-refractivity contribution in [3.8, 4) is 17.5 Å². The lowest BCUT2D eigenvalue weighted by atomic mass is 10.2. The predicted molar refractivity (Wildman–Crippen MR) is 72.0 cm³/mol. The van der Waals surface area contributed by atoms with Gasteiger partial charge < -0.3 is 14.3 Å². The van der Waals surface area contributed by atoms with Crippen LogP contribution in [0, 0.1) is 11.3 Å². The summed E-state index contributed by atoms with van der Waals surface area (Å²) in [6, 6.07) is 11.1. The van der Waals surface area contributed by atoms with Crippen LogP contribution in [0.3, 0.4) is 0 Å². The van der Waals surface area contributed by atoms with Crippen molar-refractivity contribution < 1.29 is 14.3 Å². The summed E-state index contributed by atoms with van der Waals surface area (Å²) in [7, 11) is 0. The van der Waals surface area contributed by atoms with Gasteiger partial charge in [-0.05, 0) is 12.1 Å². The molecule has 6 nitrogen and oxygen atoms in total. The molecule has 2 aromatic heterocycles. The molecule has 104 valence electrons. The molecule has 0 unspecified atom stereocenters. The number of aromatic nitrogens is 2. The molecule has 0 saturated heterocycles. The molecule has 0 aliphatic rings. The first-order valence-electron chi connectivity index (χ1n) is 6.34. The summed E-state index contributed by atoms with van der Waals surface area (Å²) in [6.45, 7) is 0.316. The number of furan rings is 1. The van der Waals surface area contributed by atoms with Crippen LogP contribution < -0.4 is 5.11 Å². The highest BCUT2D eigenvalue weighted by Gasteiger charge is 2.16. The number of aromatic carboxylic acids is 1. The van der Waals surface area contributed by atoms with E-state index in [-0.39, 0.29) is 17.7 Å². The van der Waals surface area contributed by atoms with Gasteiger partial charge in [-0.1, -0.05) is 18.2 Å². The SMILES string of the molecule is N#CCCn1cc(C(=O)[O-])c(-c2cc3ccccc3o2)n1. The lowest BCUT2D eigenvalue weighted by Gasteiger charge is -1.98. The molecule has 0 amide bonds. The van der Waals surface area contributed by atoms with Gasteiger partial charge >= 0.3 is 0 Å². The normalized spacial score (nSPS) is 10.6. The van der Waals surface area contributed by atoms with Crippen LogP contribution in [0.15, 0.2) is 40.9 Å². The van der Waals surface area contributed by atoms with Crippen LogP contribution in [0.25, 0.3) is 22.4 Å². The van der Waals surface area contributed by atoms with Gasteiger partial charge in [-0.3, -0.25) is 4.68 Å². The third-order valence-corrected chi connectivity index (χ3v) is 3.09. The van der Waals surface area contributed by atoms with Gasteiger partial charge in [0.2, 0.25) is 0 Å². The van der Waals surface area contributed by atoms with Crippen LogP contribution in [0.4, 0.5) is 0 Å². The first kappa shape index (κ1) is 12.9. The third-order valence-electron chi connectivity index (χ3n) is 3.09. The minimum atomic E-state index is -1.33. The topological polar surface area (TPSA) is 94.9 Å². The van der Waals surface area contributed by atoms with E-state index in [2.05, 4.69) is 5.10 Å². The zero-order valence-electron chi connectivity index (χ0n) is 10.9. The summed E-state index contributed by atoms with van der Waals surface area (Å²) in [4.78, 5) is 11.2. The van der Waals surface area contributed by atoms with Gasteiger partial charge in [-0.15, -0.1) is 0 Å². The molecule has 0 spiro atoms. The lowest BCUT2D eigenvalue weighted by molar-refractivity contribution is -0.254. The van der Waals surface area contributed by atoms with E-state index in [9.17, 15) is 9.90 Å². The van der Waals surface area contributed by atoms with Gasteiger partial charge in [0, 0.05) is 17.1 Å². The number of para-hydroxylation sites is 1. The van der Waals surface area contributed by atoms with Gasteiger partial charge in [-0.25, -0.2) is 0 Å². The minimum absolute atomic E-state index is 0.0491. The van der Waals surface area contributed by atoms with Crippen molar-refractivity contribution in [2.24, 2.45) is 0 Å². The van der Waals surface area contributed by atoms with E-state index in [1.165, 1.54) is 10.9 Å². The second-order valence-electron chi connectivity index (χ2n) is 4.50. The van der Waals surface area contributed by atoms with Crippen molar-refractivity contribution in [1.29, 1.82) is 5.26 Å². The van der Waals surface area contributed by atoms with Crippen molar-refractivity contribution in [3.05, 3.63) is 42.1 Å². The fourth-order valence-corrected chi connectivity index (χ4v) is 2.13. The molecule has 0 atom stereocenters. The number of aryl methyl sites for hydroxylation is 1. The molecule has 21 heavy (non-hydrogen) atoms. The Labute approximate surface area is 119 Å². The third kappa shape index (κ3) is 2.37. The van der Waals surface area contributed by atoms with E-state index < -0.39 is 5.97 Å². The van der Waals surface area contributed by atoms with Crippen molar-refractivity contribution in [3.63, 3.8) is 0 Å². The molecule has 0 aliphatic heterocycles. The van der Waals surface area contributed by atoms with Gasteiger partial charge in [0.1, 0.15) is 11.3 Å². The second kappa shape index (κ2) is 5.13. The Bertz CT molecular complexity index is 822. The molecule has 0 N–H and O–H groups in total. The number of carboxylic acids is 1. The molecule has 0 aliphatic carbocycles. The van der Waals surface area contributed by atoms with E-state index in [4.69, 9.17) is 9.68 Å². The molecular formula is C15H10N3O3-. The van der Waals surface area contributed by atoms with Gasteiger partial charge in [0.05, 0.1) is 25.0 Å². The summed E-state index contributed by atoms with van der Waals surface area (Å²) < 4.78 is 7.04. The minimum Gasteiger partial charge on any atom is -0.545 e. The van der Waals surface area contributed by atoms with E-state index in [0.29, 0.717) is 17.9 Å². The van der Waals surface area contributed by atoms with Crippen molar-refractivity contribution >= 4 is 16.9 Å². The Kier molecular flexibility index (Phi) is 3.16. The molecule has 1 aromatic carbocycles. The van der Waals surface area contributed by atoms with Gasteiger partial charge in [0.15, 0.2) is 5.76 Å². The zero-order chi connectivity index (χ0) is 14.8. The Hall–Kier alpha value is -3.07. The fourth-order valence-electron chi connectivity index (χ4n) is 2.13. The summed E-state index contributed by atoms with van der Waals surface area (Å²) >= 11 is 0. The summed E-state index contributed by atoms with van der Waals surface area (Å²) in [5.74, 6) is -0.959. The van der Waals surface area contributed by atoms with Gasteiger partial charge in [-0.2, -0.15) is 10.4 Å². The average molecular weight is 280 g/mol. The number of hydrogen-bond acceptors (Lipinski definition) is 5. The molecule has 0 bridgehead atoms. The van der Waals surface area contributed by atoms with Crippen LogP contribution in [-0.4, -0.2) is 15.7 Å². The fraction of sp³-hybridized carbons (Fsp3) is 0.133. The summed E-state index contributed by atoms with van der Waals surface area (Å²) in [5.41, 5.74) is 0.819. The molecule has 3 rings (SSSR count). The Morgan fingerprint density at radius 2 is 2.24 bits per heavy atom. The molecule has 6 heteroatoms. The van der Waals surface area contributed by atoms with E-state index in [1.807, 2.05) is 24.3 Å². The molecule has 2 heterocycles. The Balaban J connectivity index is 2.09. The Morgan fingerprint density at radius 1 is 1.43 bits per heavy atom. The highest BCUT2D eigenvalue weighted by Crippen LogP contribution is 2.28. The van der Waals surface area contributed by atoms with Crippen molar-refractivity contribution in [2.45, 2.75) is 13.0 Å². The first-order valence-corrected chi connectivity index (χ1v) is 6.34. The quantitative estimate of drug-likeness (QED) is 0.723. The standard InChI is InChI=1S/C15H11N3O3/c16-6-3-7-18-9-11(15(19)20)14(17-18)13-8-10-4-1-2-5-12(10)21-13/h1-2,4-5,8-9H,3,7H2,(H,19,20)/p-1. The average Bonchev–Trinajstić information content (AvgIpc) is 3.08. The number of nitrogens with zero attached hydrogens (tertiary/aromatic N) is 3. The van der Waals surface area contributed by atoms with Crippen LogP contribution in [0.5, 0.6) is 0 Å². The predicted octanol–water partition coefficient (Wildman–Crippen LogP) is 1.57. The number of carbonyl (C=O) groups is 1. The number of nitriles is 1. The maximum absolute atomic E-state index is 11.2. The highest BCUT2D eigenvalue weighted by molar-refractivity contribution is 5.94. The largest absolute Gasteiger partial charge is 0.545 e. The second-order valence-corrected chi connectivity index (χ2v) is 4.50. The van der Waals surface area contributed by atoms with Crippen LogP contribution in [0.1, 0.15) is 16.8 Å². The van der Waals surface area contributed by atoms with E-state index >= 15 is 0 Å². The summed E-state index contributed by atoms with van der Waals surface area (Å²) in [5, 5.41) is 24.9. The summed E-state index contributed by atoms with van der Waals surface area (Å²) in [6.07, 6.45) is 1.60. The molecular weight excluding hydrogens is 270 g/mol. The Morgan fingerprint density at radius 3 is 2.95 bits per heavy atom. The number of carboxylic acid groups (broad SMARTS) is 1. The maximum atomic E-state index is 11.2. The van der Waals surface area contributed by atoms with Crippen LogP contribution >= 0.6 is 0 Å². The maximum Gasteiger partial charge on any atom is 0.156 e. The number of hydrogen-bond donors (Lipinski definition) is 0. The monoisotopic (exact) mass is 280 g/mol. The molecule has 0 fully saturated rings. The molecule has 3 aromatic rings. The van der Waals surface area contributed by atoms with Crippen molar-refractivity contribution in [1.82, 2.24) is 9.78 Å². The number of fused-ring (bicyclic) bond motifs is 1. The molecule has 0 radical (unpaired) electrons. The van der Waals surface area contributed by atoms with Crippen LogP contribution in [-0.2, 0) is 6.54 Å². The number of rotatable bonds is 4. The zero-order valence-corrected chi connectivity index (χ0v) is 10.9. The lowest BCUT2D eigenvalue weighted by Crippen LogP contribution is -2.22. The van der Waals surface area contributed by atoms with Crippen molar-refractivity contribution in [2.75, 3.05) is 0 Å². The van der Waals surface area contributed by atoms with Crippen LogP contribution in [0.2, 0.25) is 0 Å². The highest BCUT2D eigenvalue weighted by atomic mass is 16.4. The molecule has 0 saturated carbocycles. The smallest absolute Gasteiger partial charge is 0.156 e.